The van der Waals surface area contributed by atoms with Crippen molar-refractivity contribution in [3.05, 3.63) is 24.3 Å². The summed E-state index contributed by atoms with van der Waals surface area (Å²) in [6.45, 7) is 3.84. The number of aliphatic hydroxyl groups excluding tert-OH is 1. The van der Waals surface area contributed by atoms with Gasteiger partial charge in [0.05, 0.1) is 6.61 Å². The summed E-state index contributed by atoms with van der Waals surface area (Å²) in [5.74, 6) is 0.901. The first-order valence-electron chi connectivity index (χ1n) is 5.44. The van der Waals surface area contributed by atoms with Crippen molar-refractivity contribution in [2.75, 3.05) is 25.1 Å². The summed E-state index contributed by atoms with van der Waals surface area (Å²) in [6.07, 6.45) is 1.84. The highest BCUT2D eigenvalue weighted by Gasteiger charge is 1.93. The van der Waals surface area contributed by atoms with Gasteiger partial charge in [0.25, 0.3) is 0 Å². The van der Waals surface area contributed by atoms with Crippen LogP contribution in [0.15, 0.2) is 24.3 Å². The van der Waals surface area contributed by atoms with Gasteiger partial charge in [-0.15, -0.1) is 0 Å². The Balaban J connectivity index is 2.29. The van der Waals surface area contributed by atoms with Gasteiger partial charge in [0.1, 0.15) is 5.75 Å². The summed E-state index contributed by atoms with van der Waals surface area (Å²) in [7, 11) is 0. The van der Waals surface area contributed by atoms with E-state index in [1.165, 1.54) is 0 Å². The molecule has 0 fully saturated rings. The number of nitrogens with one attached hydrogen (secondary N) is 1. The van der Waals surface area contributed by atoms with Crippen LogP contribution in [0.25, 0.3) is 0 Å². The van der Waals surface area contributed by atoms with Crippen LogP contribution in [0, 0.1) is 0 Å². The summed E-state index contributed by atoms with van der Waals surface area (Å²) in [6, 6.07) is 7.92. The maximum absolute atomic E-state index is 8.61. The first-order valence-corrected chi connectivity index (χ1v) is 5.44. The Labute approximate surface area is 91.1 Å². The van der Waals surface area contributed by atoms with E-state index in [1.807, 2.05) is 31.2 Å². The first-order chi connectivity index (χ1) is 7.36. The lowest BCUT2D eigenvalue weighted by Gasteiger charge is -2.07. The summed E-state index contributed by atoms with van der Waals surface area (Å²) < 4.78 is 5.34. The Hall–Kier alpha value is -1.22. The predicted molar refractivity (Wildman–Crippen MR) is 62.4 cm³/mol. The van der Waals surface area contributed by atoms with Crippen LogP contribution in [-0.2, 0) is 0 Å². The molecule has 1 aromatic rings. The van der Waals surface area contributed by atoms with Crippen molar-refractivity contribution in [3.63, 3.8) is 0 Å². The van der Waals surface area contributed by atoms with Gasteiger partial charge in [0.15, 0.2) is 0 Å². The summed E-state index contributed by atoms with van der Waals surface area (Å²) >= 11 is 0. The number of ether oxygens (including phenoxy) is 1. The molecule has 1 aromatic carbocycles. The average Bonchev–Trinajstić information content (AvgIpc) is 2.27. The maximum atomic E-state index is 8.61. The minimum Gasteiger partial charge on any atom is -0.494 e. The van der Waals surface area contributed by atoms with Crippen molar-refractivity contribution in [1.82, 2.24) is 0 Å². The number of hydrogen-bond acceptors (Lipinski definition) is 3. The van der Waals surface area contributed by atoms with Gasteiger partial charge < -0.3 is 15.2 Å². The predicted octanol–water partition coefficient (Wildman–Crippen LogP) is 2.27. The molecule has 1 rings (SSSR count). The van der Waals surface area contributed by atoms with Crippen LogP contribution in [0.4, 0.5) is 5.69 Å². The van der Waals surface area contributed by atoms with Gasteiger partial charge in [-0.05, 0) is 44.0 Å². The van der Waals surface area contributed by atoms with Crippen molar-refractivity contribution in [3.8, 4) is 5.75 Å². The van der Waals surface area contributed by atoms with E-state index in [0.29, 0.717) is 6.61 Å². The van der Waals surface area contributed by atoms with E-state index in [9.17, 15) is 0 Å². The van der Waals surface area contributed by atoms with Crippen molar-refractivity contribution >= 4 is 5.69 Å². The van der Waals surface area contributed by atoms with Gasteiger partial charge in [-0.3, -0.25) is 0 Å². The molecule has 0 aliphatic carbocycles. The molecule has 0 aliphatic rings. The maximum Gasteiger partial charge on any atom is 0.119 e. The van der Waals surface area contributed by atoms with E-state index >= 15 is 0 Å². The Morgan fingerprint density at radius 2 is 1.93 bits per heavy atom. The second-order valence-electron chi connectivity index (χ2n) is 3.31. The van der Waals surface area contributed by atoms with Crippen LogP contribution < -0.4 is 10.1 Å². The first kappa shape index (κ1) is 11.9. The molecule has 15 heavy (non-hydrogen) atoms. The molecule has 3 heteroatoms. The van der Waals surface area contributed by atoms with Crippen LogP contribution in [0.1, 0.15) is 19.8 Å². The van der Waals surface area contributed by atoms with Crippen molar-refractivity contribution in [1.29, 1.82) is 0 Å². The highest BCUT2D eigenvalue weighted by molar-refractivity contribution is 5.46. The molecule has 0 saturated carbocycles. The molecule has 0 atom stereocenters. The minimum absolute atomic E-state index is 0.269. The van der Waals surface area contributed by atoms with Crippen molar-refractivity contribution < 1.29 is 9.84 Å². The fraction of sp³-hybridized carbons (Fsp3) is 0.500. The molecule has 2 N–H and O–H groups in total. The molecule has 0 aromatic heterocycles. The lowest BCUT2D eigenvalue weighted by Crippen LogP contribution is -2.02. The SMILES string of the molecule is CCOc1ccc(NCCCCO)cc1. The summed E-state index contributed by atoms with van der Waals surface area (Å²) in [4.78, 5) is 0. The molecular weight excluding hydrogens is 190 g/mol. The largest absolute Gasteiger partial charge is 0.494 e. The van der Waals surface area contributed by atoms with Crippen LogP contribution in [0.5, 0.6) is 5.75 Å². The zero-order valence-electron chi connectivity index (χ0n) is 9.20. The fourth-order valence-electron chi connectivity index (χ4n) is 1.31. The molecule has 0 amide bonds. The molecule has 0 saturated heterocycles. The highest BCUT2D eigenvalue weighted by atomic mass is 16.5. The van der Waals surface area contributed by atoms with E-state index in [-0.39, 0.29) is 6.61 Å². The molecule has 0 unspecified atom stereocenters. The van der Waals surface area contributed by atoms with Gasteiger partial charge in [-0.2, -0.15) is 0 Å². The number of hydrogen-bond donors (Lipinski definition) is 2. The zero-order valence-corrected chi connectivity index (χ0v) is 9.20. The average molecular weight is 209 g/mol. The monoisotopic (exact) mass is 209 g/mol. The lowest BCUT2D eigenvalue weighted by atomic mass is 10.2. The standard InChI is InChI=1S/C12H19NO2/c1-2-15-12-7-5-11(6-8-12)13-9-3-4-10-14/h5-8,13-14H,2-4,9-10H2,1H3. The van der Waals surface area contributed by atoms with Crippen LogP contribution >= 0.6 is 0 Å². The zero-order chi connectivity index (χ0) is 10.9. The molecule has 0 heterocycles. The van der Waals surface area contributed by atoms with Gasteiger partial charge in [0.2, 0.25) is 0 Å². The van der Waals surface area contributed by atoms with Crippen LogP contribution in [-0.4, -0.2) is 24.9 Å². The molecule has 84 valence electrons. The lowest BCUT2D eigenvalue weighted by molar-refractivity contribution is 0.286. The Bertz CT molecular complexity index is 259. The second kappa shape index (κ2) is 7.12. The van der Waals surface area contributed by atoms with Gasteiger partial charge in [-0.1, -0.05) is 0 Å². The quantitative estimate of drug-likeness (QED) is 0.677. The third kappa shape index (κ3) is 4.70. The number of unbranched alkanes of at least 4 members (excludes halogenated alkanes) is 1. The van der Waals surface area contributed by atoms with E-state index in [2.05, 4.69) is 5.32 Å². The molecule has 3 nitrogen and oxygen atoms in total. The molecule has 0 aliphatic heterocycles. The topological polar surface area (TPSA) is 41.5 Å². The fourth-order valence-corrected chi connectivity index (χ4v) is 1.31. The number of aliphatic hydroxyl groups is 1. The minimum atomic E-state index is 0.269. The Morgan fingerprint density at radius 1 is 1.20 bits per heavy atom. The van der Waals surface area contributed by atoms with Crippen LogP contribution in [0.3, 0.4) is 0 Å². The molecule has 0 radical (unpaired) electrons. The third-order valence-electron chi connectivity index (χ3n) is 2.08. The number of benzene rings is 1. The Morgan fingerprint density at radius 3 is 2.53 bits per heavy atom. The third-order valence-corrected chi connectivity index (χ3v) is 2.08. The normalized spacial score (nSPS) is 10.0. The number of rotatable bonds is 7. The van der Waals surface area contributed by atoms with E-state index < -0.39 is 0 Å². The molecule has 0 bridgehead atoms. The van der Waals surface area contributed by atoms with E-state index in [4.69, 9.17) is 9.84 Å². The van der Waals surface area contributed by atoms with E-state index in [1.54, 1.807) is 0 Å². The van der Waals surface area contributed by atoms with Gasteiger partial charge >= 0.3 is 0 Å². The molecule has 0 spiro atoms. The van der Waals surface area contributed by atoms with Crippen molar-refractivity contribution in [2.45, 2.75) is 19.8 Å². The smallest absolute Gasteiger partial charge is 0.119 e. The molecular formula is C12H19NO2. The van der Waals surface area contributed by atoms with Crippen LogP contribution in [0.2, 0.25) is 0 Å². The highest BCUT2D eigenvalue weighted by Crippen LogP contribution is 2.15. The van der Waals surface area contributed by atoms with Gasteiger partial charge in [0, 0.05) is 18.8 Å². The second-order valence-corrected chi connectivity index (χ2v) is 3.31. The Kier molecular flexibility index (Phi) is 5.63. The van der Waals surface area contributed by atoms with E-state index in [0.717, 1.165) is 30.8 Å². The van der Waals surface area contributed by atoms with Gasteiger partial charge in [-0.25, -0.2) is 0 Å². The summed E-state index contributed by atoms with van der Waals surface area (Å²) in [5.41, 5.74) is 1.09. The number of anilines is 1. The summed E-state index contributed by atoms with van der Waals surface area (Å²) in [5, 5.41) is 11.9. The van der Waals surface area contributed by atoms with Crippen molar-refractivity contribution in [2.24, 2.45) is 0 Å².